The summed E-state index contributed by atoms with van der Waals surface area (Å²) in [5, 5.41) is 43.3. The highest BCUT2D eigenvalue weighted by Crippen LogP contribution is 2.16. The molecule has 0 heterocycles. The molecule has 0 radical (unpaired) electrons. The highest BCUT2D eigenvalue weighted by atomic mass is 16.3. The van der Waals surface area contributed by atoms with E-state index in [1.165, 1.54) is 122 Å². The summed E-state index contributed by atoms with van der Waals surface area (Å²) in [5.74, 6) is -0.584. The van der Waals surface area contributed by atoms with Crippen molar-refractivity contribution in [3.63, 3.8) is 0 Å². The molecular formula is C35H71NO5. The Kier molecular flexibility index (Phi) is 30.2. The number of unbranched alkanes of at least 4 members (excludes halogenated alkanes) is 23. The van der Waals surface area contributed by atoms with Crippen molar-refractivity contribution in [3.05, 3.63) is 0 Å². The first-order valence-corrected chi connectivity index (χ1v) is 17.9. The zero-order chi connectivity index (χ0) is 30.4. The number of rotatable bonds is 32. The van der Waals surface area contributed by atoms with Gasteiger partial charge in [-0.1, -0.05) is 174 Å². The van der Waals surface area contributed by atoms with E-state index in [2.05, 4.69) is 19.2 Å². The van der Waals surface area contributed by atoms with Crippen molar-refractivity contribution in [2.75, 3.05) is 6.61 Å². The van der Waals surface area contributed by atoms with Gasteiger partial charge in [0.2, 0.25) is 5.91 Å². The van der Waals surface area contributed by atoms with Crippen LogP contribution in [0.25, 0.3) is 0 Å². The zero-order valence-corrected chi connectivity index (χ0v) is 27.3. The summed E-state index contributed by atoms with van der Waals surface area (Å²) in [5.41, 5.74) is 0. The predicted molar refractivity (Wildman–Crippen MR) is 173 cm³/mol. The molecule has 0 aliphatic carbocycles. The van der Waals surface area contributed by atoms with Crippen LogP contribution in [0.5, 0.6) is 0 Å². The Hall–Kier alpha value is -0.690. The molecule has 4 atom stereocenters. The summed E-state index contributed by atoms with van der Waals surface area (Å²) in [6.45, 7) is 4.02. The predicted octanol–water partition coefficient (Wildman–Crippen LogP) is 8.12. The molecule has 0 saturated carbocycles. The van der Waals surface area contributed by atoms with Gasteiger partial charge >= 0.3 is 0 Å². The van der Waals surface area contributed by atoms with E-state index >= 15 is 0 Å². The van der Waals surface area contributed by atoms with Crippen LogP contribution < -0.4 is 5.32 Å². The molecule has 5 N–H and O–H groups in total. The van der Waals surface area contributed by atoms with Crippen LogP contribution in [0.2, 0.25) is 0 Å². The van der Waals surface area contributed by atoms with E-state index < -0.39 is 36.9 Å². The number of amides is 1. The van der Waals surface area contributed by atoms with E-state index in [0.717, 1.165) is 38.5 Å². The Balaban J connectivity index is 3.82. The van der Waals surface area contributed by atoms with Gasteiger partial charge in [0.1, 0.15) is 12.2 Å². The molecule has 6 heteroatoms. The lowest BCUT2D eigenvalue weighted by atomic mass is 9.99. The number of carbonyl (C=O) groups is 1. The van der Waals surface area contributed by atoms with Gasteiger partial charge in [-0.25, -0.2) is 0 Å². The van der Waals surface area contributed by atoms with E-state index in [9.17, 15) is 25.2 Å². The van der Waals surface area contributed by atoms with E-state index in [1.807, 2.05) is 0 Å². The SMILES string of the molecule is CCCCCCCCCCCCCCCC(O)C(=O)N[C@H](CO)[C@H](O)C(O)CCCCCCCCCCCCCC. The maximum atomic E-state index is 12.4. The molecule has 0 bridgehead atoms. The lowest BCUT2D eigenvalue weighted by Gasteiger charge is -2.27. The van der Waals surface area contributed by atoms with Gasteiger partial charge in [0.15, 0.2) is 0 Å². The molecule has 0 fully saturated rings. The quantitative estimate of drug-likeness (QED) is 0.0512. The number of carbonyl (C=O) groups excluding carboxylic acids is 1. The average Bonchev–Trinajstić information content (AvgIpc) is 2.98. The van der Waals surface area contributed by atoms with Crippen molar-refractivity contribution in [2.24, 2.45) is 0 Å². The van der Waals surface area contributed by atoms with Crippen molar-refractivity contribution in [1.82, 2.24) is 5.32 Å². The summed E-state index contributed by atoms with van der Waals surface area (Å²) in [6.07, 6.45) is 28.3. The molecule has 0 rings (SSSR count). The third-order valence-electron chi connectivity index (χ3n) is 8.57. The molecule has 0 aromatic carbocycles. The van der Waals surface area contributed by atoms with Crippen LogP contribution in [0.3, 0.4) is 0 Å². The van der Waals surface area contributed by atoms with Gasteiger partial charge in [-0.3, -0.25) is 4.79 Å². The molecule has 0 aromatic rings. The molecule has 0 spiro atoms. The molecule has 2 unspecified atom stereocenters. The van der Waals surface area contributed by atoms with E-state index in [-0.39, 0.29) is 0 Å². The van der Waals surface area contributed by atoms with Gasteiger partial charge in [-0.15, -0.1) is 0 Å². The fourth-order valence-corrected chi connectivity index (χ4v) is 5.64. The van der Waals surface area contributed by atoms with Gasteiger partial charge < -0.3 is 25.7 Å². The molecule has 6 nitrogen and oxygen atoms in total. The van der Waals surface area contributed by atoms with Crippen molar-refractivity contribution < 1.29 is 25.2 Å². The highest BCUT2D eigenvalue weighted by molar-refractivity contribution is 5.80. The Morgan fingerprint density at radius 2 is 0.829 bits per heavy atom. The first-order chi connectivity index (χ1) is 20.0. The van der Waals surface area contributed by atoms with Crippen LogP contribution in [0.15, 0.2) is 0 Å². The molecule has 0 aliphatic rings. The summed E-state index contributed by atoms with van der Waals surface area (Å²) in [6, 6.07) is -0.976. The van der Waals surface area contributed by atoms with Gasteiger partial charge in [0, 0.05) is 0 Å². The van der Waals surface area contributed by atoms with E-state index in [1.54, 1.807) is 0 Å². The minimum Gasteiger partial charge on any atom is -0.394 e. The Morgan fingerprint density at radius 1 is 0.512 bits per heavy atom. The normalized spacial score (nSPS) is 14.6. The lowest BCUT2D eigenvalue weighted by Crippen LogP contribution is -2.53. The van der Waals surface area contributed by atoms with E-state index in [0.29, 0.717) is 12.8 Å². The summed E-state index contributed by atoms with van der Waals surface area (Å²) in [4.78, 5) is 12.4. The van der Waals surface area contributed by atoms with Crippen molar-refractivity contribution >= 4 is 5.91 Å². The number of aliphatic hydroxyl groups is 4. The number of hydrogen-bond donors (Lipinski definition) is 5. The van der Waals surface area contributed by atoms with Crippen molar-refractivity contribution in [3.8, 4) is 0 Å². The second-order valence-electron chi connectivity index (χ2n) is 12.6. The van der Waals surface area contributed by atoms with Gasteiger partial charge in [0.05, 0.1) is 18.8 Å². The Labute approximate surface area is 254 Å². The fraction of sp³-hybridized carbons (Fsp3) is 0.971. The first-order valence-electron chi connectivity index (χ1n) is 17.9. The fourth-order valence-electron chi connectivity index (χ4n) is 5.64. The van der Waals surface area contributed by atoms with Crippen LogP contribution in [0, 0.1) is 0 Å². The molecule has 0 saturated heterocycles. The molecule has 1 amide bonds. The maximum absolute atomic E-state index is 12.4. The highest BCUT2D eigenvalue weighted by Gasteiger charge is 2.28. The largest absolute Gasteiger partial charge is 0.394 e. The van der Waals surface area contributed by atoms with E-state index in [4.69, 9.17) is 0 Å². The van der Waals surface area contributed by atoms with Crippen LogP contribution in [0.4, 0.5) is 0 Å². The molecule has 0 aliphatic heterocycles. The average molecular weight is 586 g/mol. The van der Waals surface area contributed by atoms with Gasteiger partial charge in [-0.05, 0) is 12.8 Å². The number of nitrogens with one attached hydrogen (secondary N) is 1. The standard InChI is InChI=1S/C35H71NO5/c1-3-5-7-9-11-13-15-17-19-21-23-25-27-29-33(39)35(41)36-31(30-37)34(40)32(38)28-26-24-22-20-18-16-14-12-10-8-6-4-2/h31-34,37-40H,3-30H2,1-2H3,(H,36,41)/t31-,32?,33?,34+/m1/s1. The van der Waals surface area contributed by atoms with Crippen LogP contribution in [-0.2, 0) is 4.79 Å². The van der Waals surface area contributed by atoms with Gasteiger partial charge in [-0.2, -0.15) is 0 Å². The summed E-state index contributed by atoms with van der Waals surface area (Å²) >= 11 is 0. The maximum Gasteiger partial charge on any atom is 0.249 e. The monoisotopic (exact) mass is 586 g/mol. The second kappa shape index (κ2) is 30.8. The third kappa shape index (κ3) is 25.5. The number of aliphatic hydroxyl groups excluding tert-OH is 4. The Bertz CT molecular complexity index is 547. The van der Waals surface area contributed by atoms with Crippen LogP contribution in [-0.4, -0.2) is 57.3 Å². The smallest absolute Gasteiger partial charge is 0.249 e. The minimum atomic E-state index is -1.25. The van der Waals surface area contributed by atoms with Crippen LogP contribution >= 0.6 is 0 Å². The van der Waals surface area contributed by atoms with Crippen LogP contribution in [0.1, 0.15) is 187 Å². The molecule has 0 aromatic heterocycles. The number of hydrogen-bond acceptors (Lipinski definition) is 5. The zero-order valence-electron chi connectivity index (χ0n) is 27.3. The summed E-state index contributed by atoms with van der Waals surface area (Å²) < 4.78 is 0. The minimum absolute atomic E-state index is 0.374. The molecule has 41 heavy (non-hydrogen) atoms. The van der Waals surface area contributed by atoms with Crippen molar-refractivity contribution in [1.29, 1.82) is 0 Å². The van der Waals surface area contributed by atoms with Crippen molar-refractivity contribution in [2.45, 2.75) is 212 Å². The van der Waals surface area contributed by atoms with Gasteiger partial charge in [0.25, 0.3) is 0 Å². The summed E-state index contributed by atoms with van der Waals surface area (Å²) in [7, 11) is 0. The first kappa shape index (κ1) is 40.3. The Morgan fingerprint density at radius 3 is 1.17 bits per heavy atom. The second-order valence-corrected chi connectivity index (χ2v) is 12.6. The molecule has 246 valence electrons. The third-order valence-corrected chi connectivity index (χ3v) is 8.57. The molecular weight excluding hydrogens is 514 g/mol. The topological polar surface area (TPSA) is 110 Å². The lowest BCUT2D eigenvalue weighted by molar-refractivity contribution is -0.132.